The fraction of sp³-hybridized carbons (Fsp3) is 1.00. The van der Waals surface area contributed by atoms with Crippen molar-refractivity contribution in [3.63, 3.8) is 0 Å². The van der Waals surface area contributed by atoms with Crippen molar-refractivity contribution in [1.82, 2.24) is 0 Å². The van der Waals surface area contributed by atoms with Crippen LogP contribution in [0.15, 0.2) is 0 Å². The van der Waals surface area contributed by atoms with Crippen LogP contribution in [0.4, 0.5) is 0 Å². The summed E-state index contributed by atoms with van der Waals surface area (Å²) >= 11 is 0. The Morgan fingerprint density at radius 1 is 1.00 bits per heavy atom. The first-order chi connectivity index (χ1) is 4.20. The second kappa shape index (κ2) is 4.80. The molecule has 0 saturated carbocycles. The van der Waals surface area contributed by atoms with Gasteiger partial charge in [-0.3, -0.25) is 0 Å². The third-order valence-corrected chi connectivity index (χ3v) is 1.61. The van der Waals surface area contributed by atoms with E-state index in [1.165, 1.54) is 0 Å². The Bertz CT molecular complexity index is 53.6. The number of hydrogen-bond donors (Lipinski definition) is 0. The van der Waals surface area contributed by atoms with Crippen molar-refractivity contribution in [2.24, 2.45) is 0 Å². The highest BCUT2D eigenvalue weighted by Crippen LogP contribution is 2.03. The Morgan fingerprint density at radius 2 is 1.33 bits per heavy atom. The Hall–Kier alpha value is -0.0400. The maximum Gasteiger partial charge on any atom is 0.0548 e. The molecule has 0 aliphatic heterocycles. The summed E-state index contributed by atoms with van der Waals surface area (Å²) < 4.78 is 5.55. The van der Waals surface area contributed by atoms with Crippen molar-refractivity contribution in [1.29, 1.82) is 0 Å². The van der Waals surface area contributed by atoms with Gasteiger partial charge in [0.05, 0.1) is 12.2 Å². The maximum absolute atomic E-state index is 5.55. The first-order valence-corrected chi connectivity index (χ1v) is 3.86. The van der Waals surface area contributed by atoms with Crippen LogP contribution in [-0.4, -0.2) is 12.2 Å². The lowest BCUT2D eigenvalue weighted by molar-refractivity contribution is 0.00511. The Balaban J connectivity index is 3.22. The summed E-state index contributed by atoms with van der Waals surface area (Å²) in [7, 11) is 0. The van der Waals surface area contributed by atoms with E-state index in [2.05, 4.69) is 27.7 Å². The van der Waals surface area contributed by atoms with Gasteiger partial charge < -0.3 is 4.74 Å². The quantitative estimate of drug-likeness (QED) is 0.568. The van der Waals surface area contributed by atoms with Gasteiger partial charge in [0.15, 0.2) is 0 Å². The molecule has 0 radical (unpaired) electrons. The molecular weight excluding hydrogens is 112 g/mol. The van der Waals surface area contributed by atoms with Gasteiger partial charge in [-0.15, -0.1) is 0 Å². The minimum Gasteiger partial charge on any atom is -0.376 e. The van der Waals surface area contributed by atoms with Crippen LogP contribution in [0.5, 0.6) is 0 Å². The van der Waals surface area contributed by atoms with Crippen LogP contribution in [0.3, 0.4) is 0 Å². The molecule has 2 atom stereocenters. The average Bonchev–Trinajstić information content (AvgIpc) is 1.87. The SMILES string of the molecule is CC[C@H](C)O[C@@H](C)CC. The van der Waals surface area contributed by atoms with Crippen LogP contribution in [0.1, 0.15) is 40.5 Å². The fourth-order valence-corrected chi connectivity index (χ4v) is 0.589. The Labute approximate surface area is 58.4 Å². The summed E-state index contributed by atoms with van der Waals surface area (Å²) in [5.41, 5.74) is 0. The van der Waals surface area contributed by atoms with E-state index in [0.29, 0.717) is 12.2 Å². The molecule has 0 bridgehead atoms. The molecule has 0 rings (SSSR count). The highest BCUT2D eigenvalue weighted by Gasteiger charge is 2.02. The summed E-state index contributed by atoms with van der Waals surface area (Å²) in [6.07, 6.45) is 3.09. The Kier molecular flexibility index (Phi) is 4.78. The summed E-state index contributed by atoms with van der Waals surface area (Å²) in [6.45, 7) is 8.53. The van der Waals surface area contributed by atoms with Gasteiger partial charge in [-0.2, -0.15) is 0 Å². The average molecular weight is 130 g/mol. The lowest BCUT2D eigenvalue weighted by Crippen LogP contribution is -2.14. The van der Waals surface area contributed by atoms with Gasteiger partial charge in [-0.05, 0) is 26.7 Å². The molecule has 0 saturated heterocycles. The molecule has 0 amide bonds. The van der Waals surface area contributed by atoms with E-state index in [-0.39, 0.29) is 0 Å². The van der Waals surface area contributed by atoms with Crippen LogP contribution in [0.25, 0.3) is 0 Å². The highest BCUT2D eigenvalue weighted by atomic mass is 16.5. The molecule has 9 heavy (non-hydrogen) atoms. The van der Waals surface area contributed by atoms with E-state index in [1.54, 1.807) is 0 Å². The van der Waals surface area contributed by atoms with Gasteiger partial charge in [-0.25, -0.2) is 0 Å². The molecule has 0 aromatic heterocycles. The molecular formula is C8H18O. The van der Waals surface area contributed by atoms with Crippen LogP contribution < -0.4 is 0 Å². The molecule has 1 heteroatoms. The number of ether oxygens (including phenoxy) is 1. The van der Waals surface area contributed by atoms with E-state index in [1.807, 2.05) is 0 Å². The molecule has 0 heterocycles. The Morgan fingerprint density at radius 3 is 1.56 bits per heavy atom. The predicted octanol–water partition coefficient (Wildman–Crippen LogP) is 2.60. The van der Waals surface area contributed by atoms with Crippen LogP contribution in [-0.2, 0) is 4.74 Å². The minimum atomic E-state index is 0.431. The van der Waals surface area contributed by atoms with Crippen LogP contribution in [0.2, 0.25) is 0 Å². The van der Waals surface area contributed by atoms with E-state index in [4.69, 9.17) is 4.74 Å². The number of rotatable bonds is 4. The summed E-state index contributed by atoms with van der Waals surface area (Å²) in [5, 5.41) is 0. The molecule has 56 valence electrons. The van der Waals surface area contributed by atoms with E-state index >= 15 is 0 Å². The van der Waals surface area contributed by atoms with Gasteiger partial charge >= 0.3 is 0 Å². The van der Waals surface area contributed by atoms with Crippen molar-refractivity contribution in [2.75, 3.05) is 0 Å². The molecule has 0 aromatic carbocycles. The topological polar surface area (TPSA) is 9.23 Å². The predicted molar refractivity (Wildman–Crippen MR) is 40.6 cm³/mol. The summed E-state index contributed by atoms with van der Waals surface area (Å²) in [6, 6.07) is 0. The molecule has 0 aliphatic carbocycles. The zero-order chi connectivity index (χ0) is 7.28. The smallest absolute Gasteiger partial charge is 0.0548 e. The molecule has 0 N–H and O–H groups in total. The fourth-order valence-electron chi connectivity index (χ4n) is 0.589. The van der Waals surface area contributed by atoms with Crippen molar-refractivity contribution >= 4 is 0 Å². The lowest BCUT2D eigenvalue weighted by atomic mass is 10.3. The molecule has 0 unspecified atom stereocenters. The van der Waals surface area contributed by atoms with Crippen molar-refractivity contribution in [2.45, 2.75) is 52.7 Å². The molecule has 1 nitrogen and oxygen atoms in total. The normalized spacial score (nSPS) is 17.3. The maximum atomic E-state index is 5.55. The second-order valence-corrected chi connectivity index (χ2v) is 2.57. The van der Waals surface area contributed by atoms with Crippen LogP contribution >= 0.6 is 0 Å². The van der Waals surface area contributed by atoms with Crippen LogP contribution in [0, 0.1) is 0 Å². The monoisotopic (exact) mass is 130 g/mol. The molecule has 0 spiro atoms. The zero-order valence-corrected chi connectivity index (χ0v) is 6.98. The van der Waals surface area contributed by atoms with Gasteiger partial charge in [0.2, 0.25) is 0 Å². The van der Waals surface area contributed by atoms with E-state index < -0.39 is 0 Å². The first kappa shape index (κ1) is 8.96. The third-order valence-electron chi connectivity index (χ3n) is 1.61. The van der Waals surface area contributed by atoms with Crippen molar-refractivity contribution in [3.8, 4) is 0 Å². The molecule has 0 aliphatic rings. The van der Waals surface area contributed by atoms with E-state index in [0.717, 1.165) is 12.8 Å². The number of hydrogen-bond acceptors (Lipinski definition) is 1. The van der Waals surface area contributed by atoms with Gasteiger partial charge in [-0.1, -0.05) is 13.8 Å². The lowest BCUT2D eigenvalue weighted by Gasteiger charge is -2.15. The van der Waals surface area contributed by atoms with Gasteiger partial charge in [0, 0.05) is 0 Å². The first-order valence-electron chi connectivity index (χ1n) is 3.86. The van der Waals surface area contributed by atoms with Gasteiger partial charge in [0.25, 0.3) is 0 Å². The van der Waals surface area contributed by atoms with Gasteiger partial charge in [0.1, 0.15) is 0 Å². The standard InChI is InChI=1S/C8H18O/c1-5-7(3)9-8(4)6-2/h7-8H,5-6H2,1-4H3/t7-,8-/m0/s1. The minimum absolute atomic E-state index is 0.431. The highest BCUT2D eigenvalue weighted by molar-refractivity contribution is 4.50. The van der Waals surface area contributed by atoms with Crippen molar-refractivity contribution in [3.05, 3.63) is 0 Å². The zero-order valence-electron chi connectivity index (χ0n) is 6.98. The molecule has 0 fully saturated rings. The third kappa shape index (κ3) is 4.46. The largest absolute Gasteiger partial charge is 0.376 e. The second-order valence-electron chi connectivity index (χ2n) is 2.57. The summed E-state index contributed by atoms with van der Waals surface area (Å²) in [4.78, 5) is 0. The van der Waals surface area contributed by atoms with Crippen molar-refractivity contribution < 1.29 is 4.74 Å². The molecule has 0 aromatic rings. The van der Waals surface area contributed by atoms with E-state index in [9.17, 15) is 0 Å². The summed E-state index contributed by atoms with van der Waals surface area (Å²) in [5.74, 6) is 0.